The zero-order valence-corrected chi connectivity index (χ0v) is 16.0. The van der Waals surface area contributed by atoms with E-state index in [-0.39, 0.29) is 5.92 Å². The lowest BCUT2D eigenvalue weighted by atomic mass is 9.73. The minimum atomic E-state index is 0.103. The van der Waals surface area contributed by atoms with Gasteiger partial charge in [-0.3, -0.25) is 0 Å². The van der Waals surface area contributed by atoms with Crippen LogP contribution in [-0.2, 0) is 6.42 Å². The van der Waals surface area contributed by atoms with Gasteiger partial charge in [0.2, 0.25) is 0 Å². The predicted molar refractivity (Wildman–Crippen MR) is 106 cm³/mol. The number of hydrogen-bond acceptors (Lipinski definition) is 2. The molecule has 2 rings (SSSR count). The summed E-state index contributed by atoms with van der Waals surface area (Å²) in [6, 6.07) is 3.98. The van der Waals surface area contributed by atoms with Gasteiger partial charge >= 0.3 is 0 Å². The van der Waals surface area contributed by atoms with E-state index in [0.717, 1.165) is 48.1 Å². The van der Waals surface area contributed by atoms with Crippen molar-refractivity contribution in [2.45, 2.75) is 65.2 Å². The first-order valence-electron chi connectivity index (χ1n) is 9.44. The van der Waals surface area contributed by atoms with Crippen molar-refractivity contribution in [1.82, 2.24) is 0 Å². The van der Waals surface area contributed by atoms with E-state index >= 15 is 0 Å². The van der Waals surface area contributed by atoms with Crippen LogP contribution in [0.3, 0.4) is 0 Å². The molecule has 2 atom stereocenters. The molecule has 0 fully saturated rings. The summed E-state index contributed by atoms with van der Waals surface area (Å²) in [4.78, 5) is 0. The molecule has 0 heterocycles. The molecule has 2 nitrogen and oxygen atoms in total. The number of phenolic OH excluding ortho intramolecular Hbond substituents is 1. The highest BCUT2D eigenvalue weighted by molar-refractivity contribution is 5.52. The summed E-state index contributed by atoms with van der Waals surface area (Å²) >= 11 is 0. The minimum absolute atomic E-state index is 0.103. The number of benzene rings is 1. The second-order valence-electron chi connectivity index (χ2n) is 7.30. The van der Waals surface area contributed by atoms with Crippen LogP contribution in [0.1, 0.15) is 69.9 Å². The Morgan fingerprint density at radius 2 is 2.12 bits per heavy atom. The Morgan fingerprint density at radius 1 is 1.36 bits per heavy atom. The van der Waals surface area contributed by atoms with Crippen LogP contribution < -0.4 is 4.74 Å². The second-order valence-corrected chi connectivity index (χ2v) is 7.30. The van der Waals surface area contributed by atoms with Gasteiger partial charge in [-0.15, -0.1) is 0 Å². The van der Waals surface area contributed by atoms with Gasteiger partial charge in [-0.25, -0.2) is 0 Å². The van der Waals surface area contributed by atoms with Crippen molar-refractivity contribution < 1.29 is 9.84 Å². The summed E-state index contributed by atoms with van der Waals surface area (Å²) in [6.07, 6.45) is 10.3. The van der Waals surface area contributed by atoms with Gasteiger partial charge in [0.25, 0.3) is 0 Å². The zero-order chi connectivity index (χ0) is 18.4. The molecule has 0 bridgehead atoms. The smallest absolute Gasteiger partial charge is 0.134 e. The molecule has 0 saturated carbocycles. The summed E-state index contributed by atoms with van der Waals surface area (Å²) in [5, 5.41) is 10.8. The van der Waals surface area contributed by atoms with Crippen molar-refractivity contribution in [3.05, 3.63) is 59.9 Å². The van der Waals surface area contributed by atoms with Crippen LogP contribution in [0.2, 0.25) is 0 Å². The number of allylic oxidation sites excluding steroid dienone is 3. The average Bonchev–Trinajstić information content (AvgIpc) is 2.55. The van der Waals surface area contributed by atoms with Gasteiger partial charge in [0, 0.05) is 11.5 Å². The summed E-state index contributed by atoms with van der Waals surface area (Å²) in [5.74, 6) is 1.48. The van der Waals surface area contributed by atoms with E-state index in [9.17, 15) is 5.11 Å². The lowest BCUT2D eigenvalue weighted by molar-refractivity contribution is 0.410. The van der Waals surface area contributed by atoms with E-state index in [4.69, 9.17) is 4.74 Å². The van der Waals surface area contributed by atoms with Crippen LogP contribution in [0.15, 0.2) is 48.8 Å². The van der Waals surface area contributed by atoms with Crippen molar-refractivity contribution in [2.24, 2.45) is 5.92 Å². The molecule has 25 heavy (non-hydrogen) atoms. The van der Waals surface area contributed by atoms with Crippen LogP contribution in [0, 0.1) is 5.92 Å². The fourth-order valence-electron chi connectivity index (χ4n) is 3.82. The number of aromatic hydroxyl groups is 1. The lowest BCUT2D eigenvalue weighted by Crippen LogP contribution is -2.17. The summed E-state index contributed by atoms with van der Waals surface area (Å²) < 4.78 is 5.73. The largest absolute Gasteiger partial charge is 0.507 e. The van der Waals surface area contributed by atoms with Crippen molar-refractivity contribution in [3.8, 4) is 11.5 Å². The molecular weight excluding hydrogens is 308 g/mol. The molecule has 1 aromatic rings. The molecule has 0 aliphatic heterocycles. The molecule has 0 saturated heterocycles. The van der Waals surface area contributed by atoms with E-state index < -0.39 is 0 Å². The molecule has 0 aromatic heterocycles. The molecule has 0 amide bonds. The van der Waals surface area contributed by atoms with Crippen molar-refractivity contribution in [3.63, 3.8) is 0 Å². The standard InChI is InChI=1S/C23H32O2/c1-6-8-9-10-18-14-21(24)23(22(15-18)25-7-2)20-13-17(5)11-12-19(20)16(3)4/h7,13-15,19-20,24H,2-3,6,8-12H2,1,4-5H3/t19-,20+/m0/s1. The van der Waals surface area contributed by atoms with Crippen LogP contribution in [0.5, 0.6) is 11.5 Å². The van der Waals surface area contributed by atoms with Gasteiger partial charge in [0.15, 0.2) is 0 Å². The van der Waals surface area contributed by atoms with Crippen molar-refractivity contribution in [1.29, 1.82) is 0 Å². The minimum Gasteiger partial charge on any atom is -0.507 e. The number of unbranched alkanes of at least 4 members (excludes halogenated alkanes) is 2. The average molecular weight is 341 g/mol. The third kappa shape index (κ3) is 4.78. The molecule has 2 heteroatoms. The maximum Gasteiger partial charge on any atom is 0.134 e. The Labute approximate surface area is 152 Å². The van der Waals surface area contributed by atoms with Crippen molar-refractivity contribution in [2.75, 3.05) is 0 Å². The normalized spacial score (nSPS) is 20.0. The number of aryl methyl sites for hydroxylation is 1. The molecule has 136 valence electrons. The van der Waals surface area contributed by atoms with Gasteiger partial charge in [-0.2, -0.15) is 0 Å². The van der Waals surface area contributed by atoms with E-state index in [1.54, 1.807) is 0 Å². The third-order valence-corrected chi connectivity index (χ3v) is 5.17. The topological polar surface area (TPSA) is 29.5 Å². The first-order chi connectivity index (χ1) is 12.0. The fourth-order valence-corrected chi connectivity index (χ4v) is 3.82. The Hall–Kier alpha value is -1.96. The van der Waals surface area contributed by atoms with Crippen LogP contribution in [0.4, 0.5) is 0 Å². The molecule has 1 aliphatic carbocycles. The van der Waals surface area contributed by atoms with Gasteiger partial charge in [0.1, 0.15) is 11.5 Å². The van der Waals surface area contributed by atoms with Gasteiger partial charge in [-0.05, 0) is 63.1 Å². The van der Waals surface area contributed by atoms with E-state index in [1.165, 1.54) is 24.7 Å². The highest BCUT2D eigenvalue weighted by Crippen LogP contribution is 2.47. The first-order valence-corrected chi connectivity index (χ1v) is 9.44. The highest BCUT2D eigenvalue weighted by Gasteiger charge is 2.30. The Kier molecular flexibility index (Phi) is 6.92. The monoisotopic (exact) mass is 340 g/mol. The van der Waals surface area contributed by atoms with Gasteiger partial charge in [0.05, 0.1) is 6.26 Å². The first kappa shape index (κ1) is 19.4. The molecule has 0 spiro atoms. The summed E-state index contributed by atoms with van der Waals surface area (Å²) in [5.41, 5.74) is 4.50. The number of rotatable bonds is 8. The van der Waals surface area contributed by atoms with Crippen LogP contribution in [-0.4, -0.2) is 5.11 Å². The van der Waals surface area contributed by atoms with E-state index in [2.05, 4.69) is 46.1 Å². The van der Waals surface area contributed by atoms with Gasteiger partial charge in [-0.1, -0.05) is 50.1 Å². The molecule has 1 aliphatic rings. The molecular formula is C23H32O2. The lowest BCUT2D eigenvalue weighted by Gasteiger charge is -2.32. The Morgan fingerprint density at radius 3 is 2.76 bits per heavy atom. The highest BCUT2D eigenvalue weighted by atomic mass is 16.5. The number of phenols is 1. The SMILES string of the molecule is C=COc1cc(CCCCC)cc(O)c1[C@@H]1C=C(C)CC[C@H]1C(=C)C. The van der Waals surface area contributed by atoms with Crippen LogP contribution in [0.25, 0.3) is 0 Å². The van der Waals surface area contributed by atoms with Gasteiger partial charge < -0.3 is 9.84 Å². The number of ether oxygens (including phenoxy) is 1. The Balaban J connectivity index is 2.45. The van der Waals surface area contributed by atoms with E-state index in [1.807, 2.05) is 6.07 Å². The summed E-state index contributed by atoms with van der Waals surface area (Å²) in [6.45, 7) is 14.3. The third-order valence-electron chi connectivity index (χ3n) is 5.17. The van der Waals surface area contributed by atoms with E-state index in [0.29, 0.717) is 11.7 Å². The predicted octanol–water partition coefficient (Wildman–Crippen LogP) is 6.66. The summed E-state index contributed by atoms with van der Waals surface area (Å²) in [7, 11) is 0. The van der Waals surface area contributed by atoms with Crippen molar-refractivity contribution >= 4 is 0 Å². The zero-order valence-electron chi connectivity index (χ0n) is 16.0. The fraction of sp³-hybridized carbons (Fsp3) is 0.478. The number of hydrogen-bond donors (Lipinski definition) is 1. The Bertz CT molecular complexity index is 654. The van der Waals surface area contributed by atoms with Crippen LogP contribution >= 0.6 is 0 Å². The molecule has 1 aromatic carbocycles. The second kappa shape index (κ2) is 8.94. The molecule has 0 unspecified atom stereocenters. The maximum atomic E-state index is 10.8. The molecule has 1 N–H and O–H groups in total. The maximum absolute atomic E-state index is 10.8. The molecule has 0 radical (unpaired) electrons. The quantitative estimate of drug-likeness (QED) is 0.325.